The number of benzene rings is 1. The molecular weight excluding hydrogens is 368 g/mol. The number of aryl methyl sites for hydroxylation is 1. The first kappa shape index (κ1) is 17.2. The molecule has 3 aromatic heterocycles. The Hall–Kier alpha value is -2.19. The Morgan fingerprint density at radius 1 is 1.15 bits per heavy atom. The molecule has 4 aromatic rings. The largest absolute Gasteiger partial charge is 0.497 e. The molecule has 1 aromatic carbocycles. The van der Waals surface area contributed by atoms with Gasteiger partial charge in [-0.15, -0.1) is 11.3 Å². The van der Waals surface area contributed by atoms with E-state index in [1.54, 1.807) is 29.8 Å². The summed E-state index contributed by atoms with van der Waals surface area (Å²) in [4.78, 5) is 10.3. The average molecular weight is 389 g/mol. The molecule has 26 heavy (non-hydrogen) atoms. The number of hydrogen-bond donors (Lipinski definition) is 0. The van der Waals surface area contributed by atoms with Gasteiger partial charge in [0.05, 0.1) is 30.1 Å². The minimum atomic E-state index is 0.690. The van der Waals surface area contributed by atoms with E-state index in [9.17, 15) is 0 Å². The van der Waals surface area contributed by atoms with Gasteiger partial charge in [0.1, 0.15) is 27.2 Å². The first-order valence-corrected chi connectivity index (χ1v) is 10.3. The molecule has 4 rings (SSSR count). The molecule has 0 fully saturated rings. The van der Waals surface area contributed by atoms with Gasteiger partial charge in [-0.2, -0.15) is 5.10 Å². The number of imidazole rings is 1. The van der Waals surface area contributed by atoms with Gasteiger partial charge < -0.3 is 9.47 Å². The standard InChI is InChI=1S/C18H20N4O2S2/c1-4-6-7-24-14-9-11(23-3)8-12-16(14)26-17(19-12)13-10-22-18(20-13)25-15(5-2)21-22/h8-10H,4-7H2,1-3H3. The van der Waals surface area contributed by atoms with Crippen LogP contribution in [0.3, 0.4) is 0 Å². The smallest absolute Gasteiger partial charge is 0.212 e. The molecule has 0 N–H and O–H groups in total. The van der Waals surface area contributed by atoms with Crippen LogP contribution in [0, 0.1) is 0 Å². The first-order chi connectivity index (χ1) is 12.7. The van der Waals surface area contributed by atoms with Crippen molar-refractivity contribution in [2.24, 2.45) is 0 Å². The first-order valence-electron chi connectivity index (χ1n) is 8.68. The molecule has 8 heteroatoms. The Balaban J connectivity index is 1.74. The van der Waals surface area contributed by atoms with Crippen LogP contribution >= 0.6 is 22.7 Å². The lowest BCUT2D eigenvalue weighted by atomic mass is 10.3. The number of fused-ring (bicyclic) bond motifs is 2. The highest BCUT2D eigenvalue weighted by Crippen LogP contribution is 2.39. The van der Waals surface area contributed by atoms with Crippen molar-refractivity contribution < 1.29 is 9.47 Å². The van der Waals surface area contributed by atoms with E-state index in [2.05, 4.69) is 23.9 Å². The van der Waals surface area contributed by atoms with Crippen molar-refractivity contribution in [3.63, 3.8) is 0 Å². The van der Waals surface area contributed by atoms with Crippen LogP contribution in [0.4, 0.5) is 0 Å². The second-order valence-electron chi connectivity index (χ2n) is 5.90. The molecule has 0 spiro atoms. The molecule has 0 aliphatic heterocycles. The summed E-state index contributed by atoms with van der Waals surface area (Å²) in [6.07, 6.45) is 4.98. The number of methoxy groups -OCH3 is 1. The van der Waals surface area contributed by atoms with E-state index in [1.165, 1.54) is 0 Å². The highest BCUT2D eigenvalue weighted by molar-refractivity contribution is 7.22. The second-order valence-corrected chi connectivity index (χ2v) is 7.94. The molecule has 0 saturated carbocycles. The van der Waals surface area contributed by atoms with Gasteiger partial charge in [-0.1, -0.05) is 31.6 Å². The molecule has 0 aliphatic rings. The van der Waals surface area contributed by atoms with E-state index < -0.39 is 0 Å². The van der Waals surface area contributed by atoms with Crippen molar-refractivity contribution in [1.82, 2.24) is 19.6 Å². The topological polar surface area (TPSA) is 61.5 Å². The van der Waals surface area contributed by atoms with E-state index in [0.29, 0.717) is 6.61 Å². The van der Waals surface area contributed by atoms with Crippen LogP contribution in [0.1, 0.15) is 31.7 Å². The summed E-state index contributed by atoms with van der Waals surface area (Å²) < 4.78 is 14.2. The van der Waals surface area contributed by atoms with Crippen LogP contribution in [-0.4, -0.2) is 33.3 Å². The van der Waals surface area contributed by atoms with Gasteiger partial charge in [0.25, 0.3) is 0 Å². The van der Waals surface area contributed by atoms with Crippen LogP contribution in [0.2, 0.25) is 0 Å². The monoisotopic (exact) mass is 388 g/mol. The van der Waals surface area contributed by atoms with E-state index in [-0.39, 0.29) is 0 Å². The maximum Gasteiger partial charge on any atom is 0.212 e. The van der Waals surface area contributed by atoms with Crippen LogP contribution in [0.5, 0.6) is 11.5 Å². The summed E-state index contributed by atoms with van der Waals surface area (Å²) in [5.41, 5.74) is 1.71. The van der Waals surface area contributed by atoms with Gasteiger partial charge in [-0.25, -0.2) is 14.5 Å². The molecule has 0 aliphatic carbocycles. The van der Waals surface area contributed by atoms with Crippen LogP contribution in [-0.2, 0) is 6.42 Å². The van der Waals surface area contributed by atoms with Crippen molar-refractivity contribution in [3.8, 4) is 22.2 Å². The molecule has 0 saturated heterocycles. The van der Waals surface area contributed by atoms with E-state index in [0.717, 1.165) is 61.6 Å². The van der Waals surface area contributed by atoms with Crippen LogP contribution in [0.15, 0.2) is 18.3 Å². The van der Waals surface area contributed by atoms with E-state index >= 15 is 0 Å². The lowest BCUT2D eigenvalue weighted by Crippen LogP contribution is -1.97. The van der Waals surface area contributed by atoms with Crippen molar-refractivity contribution in [1.29, 1.82) is 0 Å². The summed E-state index contributed by atoms with van der Waals surface area (Å²) in [7, 11) is 1.66. The fraction of sp³-hybridized carbons (Fsp3) is 0.389. The minimum Gasteiger partial charge on any atom is -0.497 e. The Morgan fingerprint density at radius 3 is 2.77 bits per heavy atom. The second kappa shape index (κ2) is 7.20. The Morgan fingerprint density at radius 2 is 2.04 bits per heavy atom. The summed E-state index contributed by atoms with van der Waals surface area (Å²) in [5, 5.41) is 6.48. The number of rotatable bonds is 7. The van der Waals surface area contributed by atoms with Gasteiger partial charge in [0, 0.05) is 12.1 Å². The van der Waals surface area contributed by atoms with Gasteiger partial charge >= 0.3 is 0 Å². The molecule has 6 nitrogen and oxygen atoms in total. The van der Waals surface area contributed by atoms with Crippen LogP contribution < -0.4 is 9.47 Å². The third kappa shape index (κ3) is 3.14. The summed E-state index contributed by atoms with van der Waals surface area (Å²) >= 11 is 3.21. The highest BCUT2D eigenvalue weighted by Gasteiger charge is 2.16. The fourth-order valence-corrected chi connectivity index (χ4v) is 4.41. The van der Waals surface area contributed by atoms with E-state index in [4.69, 9.17) is 14.5 Å². The Bertz CT molecular complexity index is 1020. The lowest BCUT2D eigenvalue weighted by Gasteiger charge is -2.08. The third-order valence-electron chi connectivity index (χ3n) is 4.03. The quantitative estimate of drug-likeness (QED) is 0.425. The normalized spacial score (nSPS) is 11.5. The molecule has 136 valence electrons. The highest BCUT2D eigenvalue weighted by atomic mass is 32.1. The van der Waals surface area contributed by atoms with Gasteiger partial charge in [0.2, 0.25) is 4.96 Å². The SMILES string of the molecule is CCCCOc1cc(OC)cc2nc(-c3cn4nc(CC)sc4n3)sc12. The predicted octanol–water partition coefficient (Wildman–Crippen LogP) is 4.82. The zero-order chi connectivity index (χ0) is 18.1. The van der Waals surface area contributed by atoms with Crippen LogP contribution in [0.25, 0.3) is 25.9 Å². The van der Waals surface area contributed by atoms with Crippen molar-refractivity contribution in [2.45, 2.75) is 33.1 Å². The Labute approximate surface area is 159 Å². The van der Waals surface area contributed by atoms with Crippen molar-refractivity contribution in [3.05, 3.63) is 23.3 Å². The average Bonchev–Trinajstić information content (AvgIpc) is 3.33. The fourth-order valence-electron chi connectivity index (χ4n) is 2.63. The van der Waals surface area contributed by atoms with Crippen molar-refractivity contribution >= 4 is 37.9 Å². The number of nitrogens with zero attached hydrogens (tertiary/aromatic N) is 4. The minimum absolute atomic E-state index is 0.690. The molecule has 3 heterocycles. The maximum atomic E-state index is 5.98. The zero-order valence-corrected chi connectivity index (χ0v) is 16.6. The molecule has 0 atom stereocenters. The van der Waals surface area contributed by atoms with E-state index in [1.807, 2.05) is 22.8 Å². The number of ether oxygens (including phenoxy) is 2. The molecule has 0 radical (unpaired) electrons. The number of hydrogen-bond acceptors (Lipinski definition) is 7. The number of unbranched alkanes of at least 4 members (excludes halogenated alkanes) is 1. The Kier molecular flexibility index (Phi) is 4.78. The predicted molar refractivity (Wildman–Crippen MR) is 106 cm³/mol. The van der Waals surface area contributed by atoms with Gasteiger partial charge in [-0.3, -0.25) is 0 Å². The summed E-state index contributed by atoms with van der Waals surface area (Å²) in [5.74, 6) is 1.57. The third-order valence-corrected chi connectivity index (χ3v) is 6.20. The summed E-state index contributed by atoms with van der Waals surface area (Å²) in [6, 6.07) is 3.87. The van der Waals surface area contributed by atoms with Gasteiger partial charge in [0.15, 0.2) is 0 Å². The molecule has 0 bridgehead atoms. The molecule has 0 unspecified atom stereocenters. The number of aromatic nitrogens is 4. The summed E-state index contributed by atoms with van der Waals surface area (Å²) in [6.45, 7) is 4.94. The lowest BCUT2D eigenvalue weighted by molar-refractivity contribution is 0.311. The molecular formula is C18H20N4O2S2. The van der Waals surface area contributed by atoms with Gasteiger partial charge in [-0.05, 0) is 12.8 Å². The number of thiazole rings is 1. The van der Waals surface area contributed by atoms with Crippen molar-refractivity contribution in [2.75, 3.05) is 13.7 Å². The maximum absolute atomic E-state index is 5.98. The molecule has 0 amide bonds. The zero-order valence-electron chi connectivity index (χ0n) is 15.0.